The first-order valence-corrected chi connectivity index (χ1v) is 5.57. The van der Waals surface area contributed by atoms with E-state index in [0.29, 0.717) is 18.7 Å². The number of benzene rings is 1. The Morgan fingerprint density at radius 3 is 3.00 bits per heavy atom. The summed E-state index contributed by atoms with van der Waals surface area (Å²) in [4.78, 5) is 11.6. The Hall–Kier alpha value is -2.37. The molecule has 1 amide bonds. The monoisotopic (exact) mass is 246 g/mol. The van der Waals surface area contributed by atoms with Gasteiger partial charge in [-0.1, -0.05) is 17.3 Å². The zero-order valence-corrected chi connectivity index (χ0v) is 10.00. The minimum Gasteiger partial charge on any atom is -0.508 e. The van der Waals surface area contributed by atoms with Gasteiger partial charge in [0.15, 0.2) is 5.69 Å². The molecule has 0 saturated heterocycles. The molecule has 18 heavy (non-hydrogen) atoms. The molecule has 94 valence electrons. The second-order valence-corrected chi connectivity index (χ2v) is 3.95. The lowest BCUT2D eigenvalue weighted by Crippen LogP contribution is -2.26. The van der Waals surface area contributed by atoms with Gasteiger partial charge in [0, 0.05) is 13.6 Å². The van der Waals surface area contributed by atoms with Crippen molar-refractivity contribution in [2.75, 3.05) is 6.54 Å². The van der Waals surface area contributed by atoms with E-state index in [1.807, 2.05) is 6.07 Å². The average molecular weight is 246 g/mol. The summed E-state index contributed by atoms with van der Waals surface area (Å²) in [6.07, 6.45) is 2.21. The number of amides is 1. The quantitative estimate of drug-likeness (QED) is 0.823. The van der Waals surface area contributed by atoms with Crippen LogP contribution in [0.4, 0.5) is 0 Å². The molecule has 1 aromatic heterocycles. The van der Waals surface area contributed by atoms with Crippen molar-refractivity contribution in [3.8, 4) is 5.75 Å². The number of carbonyl (C=O) groups excluding carboxylic acids is 1. The van der Waals surface area contributed by atoms with Crippen molar-refractivity contribution >= 4 is 5.91 Å². The van der Waals surface area contributed by atoms with Gasteiger partial charge in [0.2, 0.25) is 0 Å². The minimum absolute atomic E-state index is 0.229. The van der Waals surface area contributed by atoms with Gasteiger partial charge in [-0.15, -0.1) is 5.10 Å². The number of hydrogen-bond acceptors (Lipinski definition) is 4. The molecule has 6 nitrogen and oxygen atoms in total. The number of hydrogen-bond donors (Lipinski definition) is 2. The van der Waals surface area contributed by atoms with Crippen LogP contribution in [0, 0.1) is 0 Å². The molecule has 0 aliphatic rings. The Bertz CT molecular complexity index is 551. The van der Waals surface area contributed by atoms with E-state index in [1.54, 1.807) is 31.4 Å². The first-order valence-electron chi connectivity index (χ1n) is 5.57. The first kappa shape index (κ1) is 12.1. The summed E-state index contributed by atoms with van der Waals surface area (Å²) in [5.74, 6) is -0.0176. The average Bonchev–Trinajstić information content (AvgIpc) is 2.76. The van der Waals surface area contributed by atoms with Crippen molar-refractivity contribution in [2.45, 2.75) is 6.42 Å². The molecule has 2 aromatic rings. The van der Waals surface area contributed by atoms with Gasteiger partial charge in [0.25, 0.3) is 5.91 Å². The van der Waals surface area contributed by atoms with E-state index < -0.39 is 0 Å². The molecule has 2 N–H and O–H groups in total. The van der Waals surface area contributed by atoms with E-state index in [1.165, 1.54) is 4.68 Å². The maximum Gasteiger partial charge on any atom is 0.273 e. The number of rotatable bonds is 4. The van der Waals surface area contributed by atoms with Crippen molar-refractivity contribution < 1.29 is 9.90 Å². The van der Waals surface area contributed by atoms with E-state index in [0.717, 1.165) is 5.56 Å². The molecule has 1 aromatic carbocycles. The molecule has 6 heteroatoms. The van der Waals surface area contributed by atoms with Crippen LogP contribution in [-0.2, 0) is 13.5 Å². The maximum atomic E-state index is 11.6. The summed E-state index contributed by atoms with van der Waals surface area (Å²) in [5, 5.41) is 19.4. The number of aromatic nitrogens is 3. The van der Waals surface area contributed by atoms with Crippen molar-refractivity contribution in [3.63, 3.8) is 0 Å². The number of carbonyl (C=O) groups is 1. The van der Waals surface area contributed by atoms with E-state index >= 15 is 0 Å². The Kier molecular flexibility index (Phi) is 3.57. The first-order chi connectivity index (χ1) is 8.65. The lowest BCUT2D eigenvalue weighted by molar-refractivity contribution is 0.0949. The fourth-order valence-electron chi connectivity index (χ4n) is 1.57. The lowest BCUT2D eigenvalue weighted by Gasteiger charge is -2.03. The van der Waals surface area contributed by atoms with Crippen molar-refractivity contribution in [1.82, 2.24) is 20.3 Å². The smallest absolute Gasteiger partial charge is 0.273 e. The molecular formula is C12H14N4O2. The van der Waals surface area contributed by atoms with E-state index in [2.05, 4.69) is 15.6 Å². The van der Waals surface area contributed by atoms with Crippen LogP contribution in [0.3, 0.4) is 0 Å². The third kappa shape index (κ3) is 3.07. The summed E-state index contributed by atoms with van der Waals surface area (Å²) in [5.41, 5.74) is 1.27. The van der Waals surface area contributed by atoms with Gasteiger partial charge < -0.3 is 10.4 Å². The van der Waals surface area contributed by atoms with E-state index in [-0.39, 0.29) is 11.7 Å². The van der Waals surface area contributed by atoms with E-state index in [9.17, 15) is 9.90 Å². The highest BCUT2D eigenvalue weighted by Gasteiger charge is 2.08. The molecule has 0 unspecified atom stereocenters. The van der Waals surface area contributed by atoms with Gasteiger partial charge in [0.1, 0.15) is 5.75 Å². The second-order valence-electron chi connectivity index (χ2n) is 3.95. The molecule has 0 atom stereocenters. The molecule has 0 aliphatic carbocycles. The molecule has 1 heterocycles. The van der Waals surface area contributed by atoms with Crippen LogP contribution in [0.5, 0.6) is 5.75 Å². The number of aryl methyl sites for hydroxylation is 1. The zero-order chi connectivity index (χ0) is 13.0. The predicted molar refractivity (Wildman–Crippen MR) is 65.1 cm³/mol. The van der Waals surface area contributed by atoms with Crippen LogP contribution >= 0.6 is 0 Å². The van der Waals surface area contributed by atoms with E-state index in [4.69, 9.17) is 0 Å². The number of nitrogens with one attached hydrogen (secondary N) is 1. The third-order valence-electron chi connectivity index (χ3n) is 2.45. The Morgan fingerprint density at radius 2 is 2.33 bits per heavy atom. The van der Waals surface area contributed by atoms with Crippen LogP contribution in [0.25, 0.3) is 0 Å². The fourth-order valence-corrected chi connectivity index (χ4v) is 1.57. The zero-order valence-electron chi connectivity index (χ0n) is 10.00. The lowest BCUT2D eigenvalue weighted by atomic mass is 10.1. The Balaban J connectivity index is 1.84. The van der Waals surface area contributed by atoms with Gasteiger partial charge >= 0.3 is 0 Å². The highest BCUT2D eigenvalue weighted by atomic mass is 16.3. The summed E-state index contributed by atoms with van der Waals surface area (Å²) < 4.78 is 1.48. The number of nitrogens with zero attached hydrogens (tertiary/aromatic N) is 3. The topological polar surface area (TPSA) is 80.0 Å². The van der Waals surface area contributed by atoms with Crippen LogP contribution < -0.4 is 5.32 Å². The summed E-state index contributed by atoms with van der Waals surface area (Å²) in [6.45, 7) is 0.485. The molecule has 0 saturated carbocycles. The summed E-state index contributed by atoms with van der Waals surface area (Å²) >= 11 is 0. The van der Waals surface area contributed by atoms with Crippen LogP contribution in [-0.4, -0.2) is 32.6 Å². The van der Waals surface area contributed by atoms with Crippen molar-refractivity contribution in [3.05, 3.63) is 41.7 Å². The minimum atomic E-state index is -0.247. The number of phenolic OH excluding ortho intramolecular Hbond substituents is 1. The van der Waals surface area contributed by atoms with Gasteiger partial charge in [-0.3, -0.25) is 9.48 Å². The van der Waals surface area contributed by atoms with Crippen molar-refractivity contribution in [2.24, 2.45) is 7.05 Å². The van der Waals surface area contributed by atoms with Crippen LogP contribution in [0.1, 0.15) is 16.1 Å². The molecule has 0 fully saturated rings. The summed E-state index contributed by atoms with van der Waals surface area (Å²) in [6, 6.07) is 6.96. The maximum absolute atomic E-state index is 11.6. The van der Waals surface area contributed by atoms with Crippen LogP contribution in [0.15, 0.2) is 30.5 Å². The standard InChI is InChI=1S/C12H14N4O2/c1-16-8-11(14-15-16)12(18)13-6-5-9-3-2-4-10(17)7-9/h2-4,7-8,17H,5-6H2,1H3,(H,13,18). The Morgan fingerprint density at radius 1 is 1.50 bits per heavy atom. The molecule has 0 aliphatic heterocycles. The molecule has 0 spiro atoms. The van der Waals surface area contributed by atoms with Gasteiger partial charge in [-0.2, -0.15) is 0 Å². The molecule has 2 rings (SSSR count). The second kappa shape index (κ2) is 5.31. The molecule has 0 bridgehead atoms. The van der Waals surface area contributed by atoms with Crippen LogP contribution in [0.2, 0.25) is 0 Å². The van der Waals surface area contributed by atoms with Gasteiger partial charge in [-0.05, 0) is 24.1 Å². The predicted octanol–water partition coefficient (Wildman–Crippen LogP) is 0.493. The fraction of sp³-hybridized carbons (Fsp3) is 0.250. The Labute approximate surface area is 104 Å². The van der Waals surface area contributed by atoms with Gasteiger partial charge in [0.05, 0.1) is 6.20 Å². The molecule has 0 radical (unpaired) electrons. The SMILES string of the molecule is Cn1cc(C(=O)NCCc2cccc(O)c2)nn1. The normalized spacial score (nSPS) is 10.3. The number of aromatic hydroxyl groups is 1. The summed E-state index contributed by atoms with van der Waals surface area (Å²) in [7, 11) is 1.70. The molecular weight excluding hydrogens is 232 g/mol. The van der Waals surface area contributed by atoms with Gasteiger partial charge in [-0.25, -0.2) is 0 Å². The highest BCUT2D eigenvalue weighted by molar-refractivity contribution is 5.91. The third-order valence-corrected chi connectivity index (χ3v) is 2.45. The highest BCUT2D eigenvalue weighted by Crippen LogP contribution is 2.10. The largest absolute Gasteiger partial charge is 0.508 e. The van der Waals surface area contributed by atoms with Crippen molar-refractivity contribution in [1.29, 1.82) is 0 Å². The number of phenols is 1.